The highest BCUT2D eigenvalue weighted by atomic mass is 35.5. The van der Waals surface area contributed by atoms with E-state index in [1.54, 1.807) is 0 Å². The average Bonchev–Trinajstić information content (AvgIpc) is 2.41. The van der Waals surface area contributed by atoms with Crippen molar-refractivity contribution in [2.75, 3.05) is 0 Å². The first-order valence-corrected chi connectivity index (χ1v) is 6.76. The third-order valence-electron chi connectivity index (χ3n) is 3.84. The molecule has 1 saturated carbocycles. The second-order valence-corrected chi connectivity index (χ2v) is 5.30. The Morgan fingerprint density at radius 2 is 1.82 bits per heavy atom. The van der Waals surface area contributed by atoms with Gasteiger partial charge in [0.05, 0.1) is 0 Å². The fourth-order valence-corrected chi connectivity index (χ4v) is 3.17. The Bertz CT molecular complexity index is 529. The SMILES string of the molecule is Clc1ccc(C2CCCCC2)c2cnccc12. The van der Waals surface area contributed by atoms with Gasteiger partial charge in [0.1, 0.15) is 0 Å². The summed E-state index contributed by atoms with van der Waals surface area (Å²) in [5.74, 6) is 0.702. The monoisotopic (exact) mass is 245 g/mol. The Morgan fingerprint density at radius 3 is 2.65 bits per heavy atom. The maximum atomic E-state index is 6.24. The van der Waals surface area contributed by atoms with E-state index in [9.17, 15) is 0 Å². The second-order valence-electron chi connectivity index (χ2n) is 4.89. The van der Waals surface area contributed by atoms with Gasteiger partial charge < -0.3 is 0 Å². The number of fused-ring (bicyclic) bond motifs is 1. The van der Waals surface area contributed by atoms with Crippen molar-refractivity contribution in [3.8, 4) is 0 Å². The van der Waals surface area contributed by atoms with Gasteiger partial charge in [-0.25, -0.2) is 0 Å². The van der Waals surface area contributed by atoms with Gasteiger partial charge in [0, 0.05) is 28.2 Å². The number of benzene rings is 1. The molecular weight excluding hydrogens is 230 g/mol. The molecule has 1 heterocycles. The number of hydrogen-bond donors (Lipinski definition) is 0. The third kappa shape index (κ3) is 2.04. The van der Waals surface area contributed by atoms with Crippen molar-refractivity contribution in [2.45, 2.75) is 38.0 Å². The van der Waals surface area contributed by atoms with Crippen molar-refractivity contribution in [2.24, 2.45) is 0 Å². The summed E-state index contributed by atoms with van der Waals surface area (Å²) in [6.07, 6.45) is 10.5. The summed E-state index contributed by atoms with van der Waals surface area (Å²) in [5, 5.41) is 3.22. The first-order chi connectivity index (χ1) is 8.36. The minimum atomic E-state index is 0.702. The number of hydrogen-bond acceptors (Lipinski definition) is 1. The molecule has 2 aromatic rings. The van der Waals surface area contributed by atoms with Crippen LogP contribution >= 0.6 is 11.6 Å². The molecule has 0 atom stereocenters. The van der Waals surface area contributed by atoms with Crippen LogP contribution in [0.2, 0.25) is 5.02 Å². The highest BCUT2D eigenvalue weighted by molar-refractivity contribution is 6.35. The standard InChI is InChI=1S/C15H16ClN/c16-15-7-6-12(11-4-2-1-3-5-11)14-10-17-9-8-13(14)15/h6-11H,1-5H2. The first kappa shape index (κ1) is 11.0. The van der Waals surface area contributed by atoms with Crippen LogP contribution in [-0.2, 0) is 0 Å². The molecule has 0 radical (unpaired) electrons. The molecule has 1 aliphatic rings. The van der Waals surface area contributed by atoms with Crippen LogP contribution in [0.3, 0.4) is 0 Å². The Balaban J connectivity index is 2.12. The molecule has 1 aromatic carbocycles. The lowest BCUT2D eigenvalue weighted by atomic mass is 9.82. The smallest absolute Gasteiger partial charge is 0.0485 e. The zero-order valence-electron chi connectivity index (χ0n) is 9.82. The van der Waals surface area contributed by atoms with Crippen LogP contribution < -0.4 is 0 Å². The molecule has 1 nitrogen and oxygen atoms in total. The molecule has 2 heteroatoms. The number of pyridine rings is 1. The first-order valence-electron chi connectivity index (χ1n) is 6.38. The van der Waals surface area contributed by atoms with Crippen molar-refractivity contribution in [1.29, 1.82) is 0 Å². The molecule has 0 bridgehead atoms. The Morgan fingerprint density at radius 1 is 1.00 bits per heavy atom. The van der Waals surface area contributed by atoms with Crippen LogP contribution in [-0.4, -0.2) is 4.98 Å². The van der Waals surface area contributed by atoms with Crippen molar-refractivity contribution in [1.82, 2.24) is 4.98 Å². The van der Waals surface area contributed by atoms with Gasteiger partial charge in [-0.1, -0.05) is 36.9 Å². The molecule has 17 heavy (non-hydrogen) atoms. The lowest BCUT2D eigenvalue weighted by Crippen LogP contribution is -2.05. The molecule has 0 spiro atoms. The van der Waals surface area contributed by atoms with E-state index in [4.69, 9.17) is 11.6 Å². The largest absolute Gasteiger partial charge is 0.264 e. The van der Waals surface area contributed by atoms with E-state index in [1.165, 1.54) is 43.1 Å². The summed E-state index contributed by atoms with van der Waals surface area (Å²) in [6, 6.07) is 6.25. The Hall–Kier alpha value is -1.08. The predicted octanol–water partition coefficient (Wildman–Crippen LogP) is 4.94. The Labute approximate surface area is 107 Å². The van der Waals surface area contributed by atoms with Crippen molar-refractivity contribution in [3.63, 3.8) is 0 Å². The Kier molecular flexibility index (Phi) is 3.02. The lowest BCUT2D eigenvalue weighted by Gasteiger charge is -2.23. The van der Waals surface area contributed by atoms with Crippen LogP contribution in [0, 0.1) is 0 Å². The molecule has 0 amide bonds. The number of rotatable bonds is 1. The van der Waals surface area contributed by atoms with E-state index in [2.05, 4.69) is 11.1 Å². The van der Waals surface area contributed by atoms with Crippen molar-refractivity contribution < 1.29 is 0 Å². The zero-order chi connectivity index (χ0) is 11.7. The molecule has 1 aromatic heterocycles. The summed E-state index contributed by atoms with van der Waals surface area (Å²) in [4.78, 5) is 4.25. The molecular formula is C15H16ClN. The van der Waals surface area contributed by atoms with Gasteiger partial charge in [-0.05, 0) is 36.5 Å². The molecule has 3 rings (SSSR count). The highest BCUT2D eigenvalue weighted by Gasteiger charge is 2.18. The predicted molar refractivity (Wildman–Crippen MR) is 72.6 cm³/mol. The fraction of sp³-hybridized carbons (Fsp3) is 0.400. The van der Waals surface area contributed by atoms with Gasteiger partial charge in [-0.3, -0.25) is 4.98 Å². The summed E-state index contributed by atoms with van der Waals surface area (Å²) < 4.78 is 0. The van der Waals surface area contributed by atoms with Gasteiger partial charge in [-0.2, -0.15) is 0 Å². The zero-order valence-corrected chi connectivity index (χ0v) is 10.6. The van der Waals surface area contributed by atoms with Gasteiger partial charge in [0.25, 0.3) is 0 Å². The van der Waals surface area contributed by atoms with E-state index < -0.39 is 0 Å². The van der Waals surface area contributed by atoms with Gasteiger partial charge in [0.15, 0.2) is 0 Å². The summed E-state index contributed by atoms with van der Waals surface area (Å²) in [7, 11) is 0. The molecule has 0 saturated heterocycles. The van der Waals surface area contributed by atoms with Gasteiger partial charge in [-0.15, -0.1) is 0 Å². The number of nitrogens with zero attached hydrogens (tertiary/aromatic N) is 1. The minimum Gasteiger partial charge on any atom is -0.264 e. The lowest BCUT2D eigenvalue weighted by molar-refractivity contribution is 0.445. The highest BCUT2D eigenvalue weighted by Crippen LogP contribution is 2.37. The fourth-order valence-electron chi connectivity index (χ4n) is 2.94. The normalized spacial score (nSPS) is 17.5. The van der Waals surface area contributed by atoms with Crippen LogP contribution in [0.4, 0.5) is 0 Å². The molecule has 1 aliphatic carbocycles. The molecule has 0 aliphatic heterocycles. The van der Waals surface area contributed by atoms with E-state index >= 15 is 0 Å². The van der Waals surface area contributed by atoms with E-state index in [-0.39, 0.29) is 0 Å². The van der Waals surface area contributed by atoms with Crippen LogP contribution in [0.5, 0.6) is 0 Å². The summed E-state index contributed by atoms with van der Waals surface area (Å²) >= 11 is 6.24. The minimum absolute atomic E-state index is 0.702. The van der Waals surface area contributed by atoms with E-state index in [0.29, 0.717) is 5.92 Å². The van der Waals surface area contributed by atoms with Crippen LogP contribution in [0.15, 0.2) is 30.6 Å². The maximum absolute atomic E-state index is 6.24. The van der Waals surface area contributed by atoms with E-state index in [0.717, 1.165) is 10.4 Å². The summed E-state index contributed by atoms with van der Waals surface area (Å²) in [5.41, 5.74) is 1.44. The number of aromatic nitrogens is 1. The number of halogens is 1. The van der Waals surface area contributed by atoms with Crippen molar-refractivity contribution >= 4 is 22.4 Å². The van der Waals surface area contributed by atoms with Crippen molar-refractivity contribution in [3.05, 3.63) is 41.2 Å². The van der Waals surface area contributed by atoms with Crippen LogP contribution in [0.1, 0.15) is 43.6 Å². The second kappa shape index (κ2) is 4.66. The van der Waals surface area contributed by atoms with Crippen LogP contribution in [0.25, 0.3) is 10.8 Å². The van der Waals surface area contributed by atoms with E-state index in [1.807, 2.05) is 24.5 Å². The van der Waals surface area contributed by atoms with Gasteiger partial charge >= 0.3 is 0 Å². The van der Waals surface area contributed by atoms with Gasteiger partial charge in [0.2, 0.25) is 0 Å². The quantitative estimate of drug-likeness (QED) is 0.694. The third-order valence-corrected chi connectivity index (χ3v) is 4.17. The average molecular weight is 246 g/mol. The molecule has 0 unspecified atom stereocenters. The maximum Gasteiger partial charge on any atom is 0.0485 e. The molecule has 1 fully saturated rings. The molecule has 88 valence electrons. The molecule has 0 N–H and O–H groups in total. The topological polar surface area (TPSA) is 12.9 Å². The summed E-state index contributed by atoms with van der Waals surface area (Å²) in [6.45, 7) is 0.